The van der Waals surface area contributed by atoms with Crippen molar-refractivity contribution in [1.29, 1.82) is 0 Å². The van der Waals surface area contributed by atoms with Gasteiger partial charge in [-0.25, -0.2) is 13.4 Å². The third-order valence-electron chi connectivity index (χ3n) is 5.73. The summed E-state index contributed by atoms with van der Waals surface area (Å²) in [7, 11) is -3.65. The number of sulfone groups is 1. The molecule has 0 saturated heterocycles. The topological polar surface area (TPSA) is 76.6 Å². The number of carbonyl (C=O) groups excluding carboxylic acids is 1. The first-order valence-corrected chi connectivity index (χ1v) is 13.7. The van der Waals surface area contributed by atoms with Crippen LogP contribution in [0.1, 0.15) is 36.0 Å². The summed E-state index contributed by atoms with van der Waals surface area (Å²) in [6, 6.07) is 19.1. The van der Waals surface area contributed by atoms with Gasteiger partial charge in [0.05, 0.1) is 11.4 Å². The molecule has 0 spiro atoms. The molecule has 1 amide bonds. The third-order valence-corrected chi connectivity index (χ3v) is 8.02. The standard InChI is InChI=1S/C25H28N2O4S2/c1-19(21-12-13-21)27(14-20-8-4-2-5-9-20)25(28)18-33(29,30)17-22-16-32-24(26-22)15-31-23-10-6-3-7-11-23/h2-11,16,19,21H,12-15,17-18H2,1H3. The van der Waals surface area contributed by atoms with Crippen molar-refractivity contribution in [2.45, 2.75) is 44.7 Å². The Labute approximate surface area is 199 Å². The van der Waals surface area contributed by atoms with Crippen LogP contribution in [0.4, 0.5) is 0 Å². The lowest BCUT2D eigenvalue weighted by atomic mass is 10.1. The average molecular weight is 485 g/mol. The van der Waals surface area contributed by atoms with Crippen molar-refractivity contribution in [1.82, 2.24) is 9.88 Å². The van der Waals surface area contributed by atoms with Gasteiger partial charge in [0.1, 0.15) is 23.1 Å². The van der Waals surface area contributed by atoms with Crippen LogP contribution in [0.5, 0.6) is 5.75 Å². The molecule has 6 nitrogen and oxygen atoms in total. The van der Waals surface area contributed by atoms with E-state index in [1.54, 1.807) is 10.3 Å². The number of amides is 1. The van der Waals surface area contributed by atoms with E-state index in [4.69, 9.17) is 4.74 Å². The molecule has 1 heterocycles. The average Bonchev–Trinajstić information content (AvgIpc) is 3.57. The fourth-order valence-electron chi connectivity index (χ4n) is 3.76. The van der Waals surface area contributed by atoms with Crippen molar-refractivity contribution in [3.8, 4) is 5.75 Å². The van der Waals surface area contributed by atoms with Crippen molar-refractivity contribution in [3.63, 3.8) is 0 Å². The van der Waals surface area contributed by atoms with E-state index in [1.165, 1.54) is 11.3 Å². The fraction of sp³-hybridized carbons (Fsp3) is 0.360. The Bertz CT molecular complexity index is 1160. The molecule has 174 valence electrons. The molecule has 1 saturated carbocycles. The van der Waals surface area contributed by atoms with E-state index in [9.17, 15) is 13.2 Å². The van der Waals surface area contributed by atoms with Crippen molar-refractivity contribution in [2.24, 2.45) is 5.92 Å². The van der Waals surface area contributed by atoms with Crippen LogP contribution in [0.25, 0.3) is 0 Å². The maximum Gasteiger partial charge on any atom is 0.238 e. The highest BCUT2D eigenvalue weighted by Gasteiger charge is 2.35. The van der Waals surface area contributed by atoms with Gasteiger partial charge in [-0.3, -0.25) is 4.79 Å². The molecule has 1 aliphatic carbocycles. The highest BCUT2D eigenvalue weighted by molar-refractivity contribution is 7.91. The van der Waals surface area contributed by atoms with Crippen LogP contribution in [0.3, 0.4) is 0 Å². The van der Waals surface area contributed by atoms with Gasteiger partial charge in [0, 0.05) is 18.0 Å². The Kier molecular flexibility index (Phi) is 7.45. The van der Waals surface area contributed by atoms with Gasteiger partial charge in [-0.1, -0.05) is 48.5 Å². The van der Waals surface area contributed by atoms with Gasteiger partial charge < -0.3 is 9.64 Å². The van der Waals surface area contributed by atoms with E-state index in [1.807, 2.05) is 67.6 Å². The van der Waals surface area contributed by atoms with Gasteiger partial charge in [-0.2, -0.15) is 0 Å². The second-order valence-corrected chi connectivity index (χ2v) is 11.5. The van der Waals surface area contributed by atoms with Crippen LogP contribution in [0.2, 0.25) is 0 Å². The maximum absolute atomic E-state index is 13.1. The fourth-order valence-corrected chi connectivity index (χ4v) is 5.82. The number of ether oxygens (including phenoxy) is 1. The molecule has 3 aromatic rings. The lowest BCUT2D eigenvalue weighted by Gasteiger charge is -2.29. The van der Waals surface area contributed by atoms with Crippen molar-refractivity contribution >= 4 is 27.1 Å². The van der Waals surface area contributed by atoms with Crippen molar-refractivity contribution < 1.29 is 17.9 Å². The summed E-state index contributed by atoms with van der Waals surface area (Å²) in [4.78, 5) is 19.2. The number of hydrogen-bond donors (Lipinski definition) is 0. The highest BCUT2D eigenvalue weighted by Crippen LogP contribution is 2.36. The second-order valence-electron chi connectivity index (χ2n) is 8.45. The van der Waals surface area contributed by atoms with Crippen LogP contribution in [-0.2, 0) is 33.5 Å². The molecule has 0 radical (unpaired) electrons. The molecule has 1 aromatic heterocycles. The lowest BCUT2D eigenvalue weighted by molar-refractivity contribution is -0.131. The van der Waals surface area contributed by atoms with E-state index in [0.717, 1.165) is 24.2 Å². The van der Waals surface area contributed by atoms with Gasteiger partial charge >= 0.3 is 0 Å². The zero-order chi connectivity index (χ0) is 23.3. The van der Waals surface area contributed by atoms with Gasteiger partial charge in [0.15, 0.2) is 9.84 Å². The van der Waals surface area contributed by atoms with Crippen LogP contribution < -0.4 is 4.74 Å². The first-order valence-electron chi connectivity index (χ1n) is 11.0. The van der Waals surface area contributed by atoms with E-state index in [-0.39, 0.29) is 24.3 Å². The number of aromatic nitrogens is 1. The minimum atomic E-state index is -3.65. The maximum atomic E-state index is 13.1. The van der Waals surface area contributed by atoms with Gasteiger partial charge in [0.2, 0.25) is 5.91 Å². The summed E-state index contributed by atoms with van der Waals surface area (Å²) in [6.45, 7) is 2.71. The quantitative estimate of drug-likeness (QED) is 0.402. The monoisotopic (exact) mass is 484 g/mol. The summed E-state index contributed by atoms with van der Waals surface area (Å²) < 4.78 is 31.4. The number of thiazole rings is 1. The second kappa shape index (κ2) is 10.5. The Morgan fingerprint density at radius 2 is 1.79 bits per heavy atom. The van der Waals surface area contributed by atoms with E-state index in [0.29, 0.717) is 23.2 Å². The van der Waals surface area contributed by atoms with Crippen LogP contribution in [0.15, 0.2) is 66.0 Å². The minimum absolute atomic E-state index is 0.0221. The molecule has 33 heavy (non-hydrogen) atoms. The summed E-state index contributed by atoms with van der Waals surface area (Å²) in [6.07, 6.45) is 2.16. The lowest BCUT2D eigenvalue weighted by Crippen LogP contribution is -2.42. The number of benzene rings is 2. The zero-order valence-corrected chi connectivity index (χ0v) is 20.2. The SMILES string of the molecule is CC(C1CC1)N(Cc1ccccc1)C(=O)CS(=O)(=O)Cc1csc(COc2ccccc2)n1. The third kappa shape index (κ3) is 6.88. The van der Waals surface area contributed by atoms with Crippen LogP contribution >= 0.6 is 11.3 Å². The van der Waals surface area contributed by atoms with E-state index in [2.05, 4.69) is 4.98 Å². The summed E-state index contributed by atoms with van der Waals surface area (Å²) >= 11 is 1.36. The zero-order valence-electron chi connectivity index (χ0n) is 18.6. The molecular formula is C25H28N2O4S2. The van der Waals surface area contributed by atoms with Gasteiger partial charge in [-0.05, 0) is 43.4 Å². The first kappa shape index (κ1) is 23.4. The predicted octanol–water partition coefficient (Wildman–Crippen LogP) is 4.46. The van der Waals surface area contributed by atoms with Gasteiger partial charge in [-0.15, -0.1) is 11.3 Å². The van der Waals surface area contributed by atoms with E-state index >= 15 is 0 Å². The Morgan fingerprint density at radius 3 is 2.45 bits per heavy atom. The number of rotatable bonds is 11. The number of nitrogens with zero attached hydrogens (tertiary/aromatic N) is 2. The van der Waals surface area contributed by atoms with E-state index < -0.39 is 15.6 Å². The molecule has 0 bridgehead atoms. The number of para-hydroxylation sites is 1. The smallest absolute Gasteiger partial charge is 0.238 e. The molecule has 1 aliphatic rings. The normalized spacial score (nSPS) is 14.6. The molecule has 1 atom stereocenters. The number of hydrogen-bond acceptors (Lipinski definition) is 6. The molecular weight excluding hydrogens is 456 g/mol. The number of carbonyl (C=O) groups is 1. The molecule has 2 aromatic carbocycles. The van der Waals surface area contributed by atoms with Crippen molar-refractivity contribution in [2.75, 3.05) is 5.75 Å². The van der Waals surface area contributed by atoms with Gasteiger partial charge in [0.25, 0.3) is 0 Å². The molecule has 8 heteroatoms. The summed E-state index contributed by atoms with van der Waals surface area (Å²) in [5.41, 5.74) is 1.45. The van der Waals surface area contributed by atoms with Crippen molar-refractivity contribution in [3.05, 3.63) is 82.3 Å². The molecule has 0 N–H and O–H groups in total. The highest BCUT2D eigenvalue weighted by atomic mass is 32.2. The van der Waals surface area contributed by atoms with Crippen LogP contribution in [0, 0.1) is 5.92 Å². The minimum Gasteiger partial charge on any atom is -0.486 e. The molecule has 1 fully saturated rings. The molecule has 1 unspecified atom stereocenters. The largest absolute Gasteiger partial charge is 0.486 e. The Balaban J connectivity index is 1.37. The summed E-state index contributed by atoms with van der Waals surface area (Å²) in [5.74, 6) is 0.0740. The Hall–Kier alpha value is -2.71. The Morgan fingerprint density at radius 1 is 1.12 bits per heavy atom. The first-order chi connectivity index (χ1) is 15.9. The summed E-state index contributed by atoms with van der Waals surface area (Å²) in [5, 5.41) is 2.42. The molecule has 4 rings (SSSR count). The van der Waals surface area contributed by atoms with Crippen LogP contribution in [-0.4, -0.2) is 36.0 Å². The molecule has 0 aliphatic heterocycles. The predicted molar refractivity (Wildman–Crippen MR) is 130 cm³/mol.